The molecular weight excluding hydrogens is 182 g/mol. The van der Waals surface area contributed by atoms with Gasteiger partial charge in [-0.2, -0.15) is 0 Å². The number of rotatable bonds is 4. The molecule has 0 rings (SSSR count). The van der Waals surface area contributed by atoms with E-state index in [1.807, 2.05) is 13.8 Å². The first-order valence-corrected chi connectivity index (χ1v) is 4.67. The lowest BCUT2D eigenvalue weighted by atomic mass is 10.0. The van der Waals surface area contributed by atoms with Gasteiger partial charge in [0.25, 0.3) is 0 Å². The third-order valence-electron chi connectivity index (χ3n) is 1.91. The van der Waals surface area contributed by atoms with Crippen LogP contribution < -0.4 is 16.4 Å². The van der Waals surface area contributed by atoms with Crippen molar-refractivity contribution in [1.29, 1.82) is 0 Å². The quantitative estimate of drug-likeness (QED) is 0.558. The highest BCUT2D eigenvalue weighted by atomic mass is 16.2. The second-order valence-corrected chi connectivity index (χ2v) is 3.63. The van der Waals surface area contributed by atoms with E-state index < -0.39 is 12.1 Å². The highest BCUT2D eigenvalue weighted by Gasteiger charge is 2.23. The third kappa shape index (κ3) is 3.74. The summed E-state index contributed by atoms with van der Waals surface area (Å²) in [6, 6.07) is -1.11. The number of amides is 2. The van der Waals surface area contributed by atoms with Crippen LogP contribution in [0.25, 0.3) is 0 Å². The minimum atomic E-state index is -0.596. The average molecular weight is 201 g/mol. The predicted molar refractivity (Wildman–Crippen MR) is 54.5 cm³/mol. The zero-order chi connectivity index (χ0) is 11.3. The lowest BCUT2D eigenvalue weighted by Crippen LogP contribution is -2.52. The second kappa shape index (κ2) is 5.59. The van der Waals surface area contributed by atoms with Crippen LogP contribution in [0.4, 0.5) is 0 Å². The Hall–Kier alpha value is -1.10. The first-order chi connectivity index (χ1) is 6.40. The van der Waals surface area contributed by atoms with Crippen molar-refractivity contribution < 1.29 is 9.59 Å². The zero-order valence-corrected chi connectivity index (χ0v) is 9.13. The number of nitrogens with one attached hydrogen (secondary N) is 2. The molecule has 14 heavy (non-hydrogen) atoms. The highest BCUT2D eigenvalue weighted by Crippen LogP contribution is 2.01. The van der Waals surface area contributed by atoms with Gasteiger partial charge in [-0.05, 0) is 12.8 Å². The molecule has 2 unspecified atom stereocenters. The molecular formula is C9H19N3O2. The van der Waals surface area contributed by atoms with Crippen molar-refractivity contribution in [1.82, 2.24) is 10.6 Å². The summed E-state index contributed by atoms with van der Waals surface area (Å²) in [7, 11) is 1.54. The molecule has 4 N–H and O–H groups in total. The molecule has 2 amide bonds. The van der Waals surface area contributed by atoms with Crippen LogP contribution in [0.15, 0.2) is 0 Å². The molecule has 0 heterocycles. The first-order valence-electron chi connectivity index (χ1n) is 4.67. The number of carbonyl (C=O) groups is 2. The second-order valence-electron chi connectivity index (χ2n) is 3.63. The summed E-state index contributed by atoms with van der Waals surface area (Å²) in [6.07, 6.45) is 0. The van der Waals surface area contributed by atoms with Crippen molar-refractivity contribution in [2.24, 2.45) is 11.7 Å². The Balaban J connectivity index is 4.38. The Kier molecular flexibility index (Phi) is 5.15. The van der Waals surface area contributed by atoms with Gasteiger partial charge in [-0.15, -0.1) is 0 Å². The fourth-order valence-corrected chi connectivity index (χ4v) is 0.975. The summed E-state index contributed by atoms with van der Waals surface area (Å²) in [6.45, 7) is 5.30. The third-order valence-corrected chi connectivity index (χ3v) is 1.91. The van der Waals surface area contributed by atoms with E-state index in [-0.39, 0.29) is 17.7 Å². The van der Waals surface area contributed by atoms with Crippen LogP contribution in [0, 0.1) is 5.92 Å². The number of hydrogen-bond acceptors (Lipinski definition) is 3. The fourth-order valence-electron chi connectivity index (χ4n) is 0.975. The van der Waals surface area contributed by atoms with Gasteiger partial charge in [0, 0.05) is 7.05 Å². The van der Waals surface area contributed by atoms with Crippen LogP contribution >= 0.6 is 0 Å². The van der Waals surface area contributed by atoms with Crippen LogP contribution in [0.1, 0.15) is 20.8 Å². The average Bonchev–Trinajstić information content (AvgIpc) is 2.11. The zero-order valence-electron chi connectivity index (χ0n) is 9.13. The maximum absolute atomic E-state index is 11.3. The monoisotopic (exact) mass is 201 g/mol. The Morgan fingerprint density at radius 3 is 1.93 bits per heavy atom. The molecule has 2 atom stereocenters. The Morgan fingerprint density at radius 2 is 1.64 bits per heavy atom. The minimum Gasteiger partial charge on any atom is -0.357 e. The number of hydrogen-bond donors (Lipinski definition) is 3. The topological polar surface area (TPSA) is 84.2 Å². The van der Waals surface area contributed by atoms with Crippen LogP contribution in [0.5, 0.6) is 0 Å². The van der Waals surface area contributed by atoms with Gasteiger partial charge in [-0.3, -0.25) is 9.59 Å². The van der Waals surface area contributed by atoms with Crippen molar-refractivity contribution in [3.05, 3.63) is 0 Å². The molecule has 0 aromatic rings. The van der Waals surface area contributed by atoms with E-state index in [2.05, 4.69) is 10.6 Å². The van der Waals surface area contributed by atoms with Crippen LogP contribution in [0.2, 0.25) is 0 Å². The molecule has 82 valence electrons. The van der Waals surface area contributed by atoms with E-state index in [1.165, 1.54) is 7.05 Å². The fraction of sp³-hybridized carbons (Fsp3) is 0.778. The Labute approximate surface area is 84.4 Å². The molecule has 0 saturated heterocycles. The summed E-state index contributed by atoms with van der Waals surface area (Å²) in [4.78, 5) is 22.6. The van der Waals surface area contributed by atoms with Gasteiger partial charge in [0.1, 0.15) is 6.04 Å². The predicted octanol–water partition coefficient (Wildman–Crippen LogP) is -0.780. The number of likely N-dealkylation sites (N-methyl/N-ethyl adjacent to an activating group) is 1. The van der Waals surface area contributed by atoms with Crippen LogP contribution in [0.3, 0.4) is 0 Å². The summed E-state index contributed by atoms with van der Waals surface area (Å²) >= 11 is 0. The standard InChI is InChI=1S/C9H19N3O2/c1-5(2)7(9(14)11-4)12-8(13)6(3)10/h5-7H,10H2,1-4H3,(H,11,14)(H,12,13). The van der Waals surface area contributed by atoms with E-state index >= 15 is 0 Å². The largest absolute Gasteiger partial charge is 0.357 e. The Bertz CT molecular complexity index is 214. The lowest BCUT2D eigenvalue weighted by Gasteiger charge is -2.21. The lowest BCUT2D eigenvalue weighted by molar-refractivity contribution is -0.130. The van der Waals surface area contributed by atoms with E-state index in [9.17, 15) is 9.59 Å². The van der Waals surface area contributed by atoms with Gasteiger partial charge in [0.2, 0.25) is 11.8 Å². The molecule has 0 radical (unpaired) electrons. The molecule has 0 fully saturated rings. The van der Waals surface area contributed by atoms with Crippen molar-refractivity contribution in [2.75, 3.05) is 7.05 Å². The molecule has 0 spiro atoms. The first kappa shape index (κ1) is 12.9. The van der Waals surface area contributed by atoms with E-state index in [4.69, 9.17) is 5.73 Å². The molecule has 0 aromatic carbocycles. The summed E-state index contributed by atoms with van der Waals surface area (Å²) < 4.78 is 0. The van der Waals surface area contributed by atoms with E-state index in [0.717, 1.165) is 0 Å². The molecule has 0 aromatic heterocycles. The SMILES string of the molecule is CNC(=O)C(NC(=O)C(C)N)C(C)C. The van der Waals surface area contributed by atoms with Crippen LogP contribution in [-0.4, -0.2) is 30.9 Å². The maximum atomic E-state index is 11.3. The smallest absolute Gasteiger partial charge is 0.242 e. The molecule has 5 nitrogen and oxygen atoms in total. The normalized spacial score (nSPS) is 14.7. The van der Waals surface area contributed by atoms with Gasteiger partial charge in [0.05, 0.1) is 6.04 Å². The summed E-state index contributed by atoms with van der Waals surface area (Å²) in [5.41, 5.74) is 5.38. The summed E-state index contributed by atoms with van der Waals surface area (Å²) in [5, 5.41) is 5.09. The Morgan fingerprint density at radius 1 is 1.14 bits per heavy atom. The molecule has 0 aliphatic carbocycles. The minimum absolute atomic E-state index is 0.0395. The molecule has 0 aliphatic rings. The van der Waals surface area contributed by atoms with Gasteiger partial charge in [-0.1, -0.05) is 13.8 Å². The van der Waals surface area contributed by atoms with Gasteiger partial charge >= 0.3 is 0 Å². The molecule has 0 bridgehead atoms. The highest BCUT2D eigenvalue weighted by molar-refractivity contribution is 5.89. The number of carbonyl (C=O) groups excluding carboxylic acids is 2. The van der Waals surface area contributed by atoms with E-state index in [0.29, 0.717) is 0 Å². The van der Waals surface area contributed by atoms with Gasteiger partial charge in [0.15, 0.2) is 0 Å². The maximum Gasteiger partial charge on any atom is 0.242 e. The molecule has 0 saturated carbocycles. The van der Waals surface area contributed by atoms with E-state index in [1.54, 1.807) is 6.92 Å². The number of nitrogens with two attached hydrogens (primary N) is 1. The van der Waals surface area contributed by atoms with Gasteiger partial charge in [-0.25, -0.2) is 0 Å². The van der Waals surface area contributed by atoms with Crippen molar-refractivity contribution in [2.45, 2.75) is 32.9 Å². The van der Waals surface area contributed by atoms with Crippen molar-refractivity contribution in [3.8, 4) is 0 Å². The van der Waals surface area contributed by atoms with Crippen LogP contribution in [-0.2, 0) is 9.59 Å². The van der Waals surface area contributed by atoms with Crippen molar-refractivity contribution in [3.63, 3.8) is 0 Å². The van der Waals surface area contributed by atoms with Gasteiger partial charge < -0.3 is 16.4 Å². The summed E-state index contributed by atoms with van der Waals surface area (Å²) in [5.74, 6) is -0.473. The molecule has 0 aliphatic heterocycles. The van der Waals surface area contributed by atoms with Crippen molar-refractivity contribution >= 4 is 11.8 Å². The molecule has 5 heteroatoms.